The van der Waals surface area contributed by atoms with E-state index in [-0.39, 0.29) is 11.8 Å². The molecule has 2 heterocycles. The first-order valence-electron chi connectivity index (χ1n) is 10.3. The van der Waals surface area contributed by atoms with Gasteiger partial charge in [0.2, 0.25) is 5.91 Å². The van der Waals surface area contributed by atoms with Gasteiger partial charge < -0.3 is 15.0 Å². The smallest absolute Gasteiger partial charge is 0.264 e. The van der Waals surface area contributed by atoms with Crippen LogP contribution in [0.3, 0.4) is 0 Å². The average Bonchev–Trinajstić information content (AvgIpc) is 3.35. The molecule has 1 unspecified atom stereocenters. The fourth-order valence-electron chi connectivity index (χ4n) is 3.86. The summed E-state index contributed by atoms with van der Waals surface area (Å²) >= 11 is 7.67. The molecule has 1 fully saturated rings. The molecule has 1 aliphatic rings. The molecule has 0 spiro atoms. The van der Waals surface area contributed by atoms with Crippen molar-refractivity contribution in [1.82, 2.24) is 9.80 Å². The minimum absolute atomic E-state index is 0.0493. The highest BCUT2D eigenvalue weighted by Crippen LogP contribution is 2.29. The summed E-state index contributed by atoms with van der Waals surface area (Å²) in [5.74, 6) is 0.458. The van der Waals surface area contributed by atoms with E-state index in [2.05, 4.69) is 10.2 Å². The Balaban J connectivity index is 1.50. The highest BCUT2D eigenvalue weighted by atomic mass is 35.5. The van der Waals surface area contributed by atoms with E-state index >= 15 is 0 Å². The number of hydrogen-bond acceptors (Lipinski definition) is 5. The van der Waals surface area contributed by atoms with Gasteiger partial charge in [0, 0.05) is 31.9 Å². The van der Waals surface area contributed by atoms with E-state index < -0.39 is 6.04 Å². The van der Waals surface area contributed by atoms with Crippen LogP contribution >= 0.6 is 22.9 Å². The zero-order valence-corrected chi connectivity index (χ0v) is 19.2. The number of carbonyl (C=O) groups excluding carboxylic acids is 2. The van der Waals surface area contributed by atoms with Crippen LogP contribution in [0.25, 0.3) is 0 Å². The van der Waals surface area contributed by atoms with Gasteiger partial charge in [0.15, 0.2) is 0 Å². The Bertz CT molecular complexity index is 1070. The molecular weight excluding hydrogens is 446 g/mol. The predicted octanol–water partition coefficient (Wildman–Crippen LogP) is 4.55. The fourth-order valence-corrected chi connectivity index (χ4v) is 4.81. The van der Waals surface area contributed by atoms with Crippen LogP contribution in [0.15, 0.2) is 66.0 Å². The van der Waals surface area contributed by atoms with Crippen molar-refractivity contribution in [3.8, 4) is 5.75 Å². The van der Waals surface area contributed by atoms with Crippen molar-refractivity contribution in [2.45, 2.75) is 6.04 Å². The number of piperazine rings is 1. The molecule has 0 bridgehead atoms. The molecule has 0 aliphatic carbocycles. The quantitative estimate of drug-likeness (QED) is 0.575. The van der Waals surface area contributed by atoms with Gasteiger partial charge in [-0.2, -0.15) is 0 Å². The number of nitrogens with one attached hydrogen (secondary N) is 1. The zero-order chi connectivity index (χ0) is 22.5. The molecule has 2 amide bonds. The second-order valence-electron chi connectivity index (χ2n) is 7.46. The van der Waals surface area contributed by atoms with Crippen LogP contribution in [0.4, 0.5) is 5.69 Å². The predicted molar refractivity (Wildman–Crippen MR) is 128 cm³/mol. The molecule has 8 heteroatoms. The third-order valence-electron chi connectivity index (χ3n) is 5.48. The van der Waals surface area contributed by atoms with Gasteiger partial charge in [0.25, 0.3) is 5.91 Å². The van der Waals surface area contributed by atoms with Gasteiger partial charge in [0.05, 0.1) is 17.0 Å². The maximum Gasteiger partial charge on any atom is 0.264 e. The van der Waals surface area contributed by atoms with Crippen LogP contribution in [0.1, 0.15) is 21.3 Å². The number of rotatable bonds is 6. The van der Waals surface area contributed by atoms with Gasteiger partial charge in [-0.05, 0) is 35.2 Å². The number of methoxy groups -OCH3 is 1. The molecular formula is C24H24ClN3O3S. The van der Waals surface area contributed by atoms with Crippen LogP contribution in [0.2, 0.25) is 5.02 Å². The number of hydrogen-bond donors (Lipinski definition) is 1. The van der Waals surface area contributed by atoms with Crippen molar-refractivity contribution in [3.63, 3.8) is 0 Å². The molecule has 2 aromatic carbocycles. The summed E-state index contributed by atoms with van der Waals surface area (Å²) in [6.07, 6.45) is 0. The SMILES string of the molecule is COc1ccc(NC(=O)C(c2ccccc2)N2CCN(C(=O)c3cccs3)CC2)cc1Cl. The maximum atomic E-state index is 13.4. The molecule has 1 N–H and O–H groups in total. The highest BCUT2D eigenvalue weighted by Gasteiger charge is 2.32. The number of ether oxygens (including phenoxy) is 1. The summed E-state index contributed by atoms with van der Waals surface area (Å²) in [6, 6.07) is 18.1. The Morgan fingerprint density at radius 2 is 1.78 bits per heavy atom. The Kier molecular flexibility index (Phi) is 7.09. The molecule has 4 rings (SSSR count). The Morgan fingerprint density at radius 1 is 1.03 bits per heavy atom. The van der Waals surface area contributed by atoms with E-state index in [0.29, 0.717) is 42.6 Å². The van der Waals surface area contributed by atoms with Gasteiger partial charge in [-0.25, -0.2) is 0 Å². The van der Waals surface area contributed by atoms with E-state index in [1.807, 2.05) is 52.7 Å². The van der Waals surface area contributed by atoms with Crippen LogP contribution in [-0.4, -0.2) is 54.9 Å². The average molecular weight is 470 g/mol. The van der Waals surface area contributed by atoms with Gasteiger partial charge in [-0.1, -0.05) is 48.0 Å². The lowest BCUT2D eigenvalue weighted by Gasteiger charge is -2.38. The van der Waals surface area contributed by atoms with Crippen LogP contribution in [0, 0.1) is 0 Å². The molecule has 6 nitrogen and oxygen atoms in total. The second-order valence-corrected chi connectivity index (χ2v) is 8.81. The molecule has 1 aromatic heterocycles. The summed E-state index contributed by atoms with van der Waals surface area (Å²) in [6.45, 7) is 2.35. The van der Waals surface area contributed by atoms with Gasteiger partial charge >= 0.3 is 0 Å². The molecule has 1 aliphatic heterocycles. The van der Waals surface area contributed by atoms with E-state index in [0.717, 1.165) is 10.4 Å². The Morgan fingerprint density at radius 3 is 2.41 bits per heavy atom. The molecule has 166 valence electrons. The van der Waals surface area contributed by atoms with E-state index in [1.54, 1.807) is 25.3 Å². The molecule has 1 saturated heterocycles. The Labute approximate surface area is 196 Å². The molecule has 1 atom stereocenters. The lowest BCUT2D eigenvalue weighted by atomic mass is 10.0. The first-order valence-corrected chi connectivity index (χ1v) is 11.6. The van der Waals surface area contributed by atoms with E-state index in [9.17, 15) is 9.59 Å². The topological polar surface area (TPSA) is 61.9 Å². The van der Waals surface area contributed by atoms with Crippen LogP contribution < -0.4 is 10.1 Å². The highest BCUT2D eigenvalue weighted by molar-refractivity contribution is 7.12. The Hall–Kier alpha value is -2.87. The van der Waals surface area contributed by atoms with Crippen molar-refractivity contribution < 1.29 is 14.3 Å². The van der Waals surface area contributed by atoms with Gasteiger partial charge in [0.1, 0.15) is 11.8 Å². The van der Waals surface area contributed by atoms with E-state index in [1.165, 1.54) is 11.3 Å². The number of carbonyl (C=O) groups is 2. The maximum absolute atomic E-state index is 13.4. The monoisotopic (exact) mass is 469 g/mol. The number of halogens is 1. The van der Waals surface area contributed by atoms with Crippen LogP contribution in [0.5, 0.6) is 5.75 Å². The first kappa shape index (κ1) is 22.3. The third kappa shape index (κ3) is 4.96. The number of anilines is 1. The van der Waals surface area contributed by atoms with Crippen molar-refractivity contribution in [2.24, 2.45) is 0 Å². The number of thiophene rings is 1. The fraction of sp³-hybridized carbons (Fsp3) is 0.250. The standard InChI is InChI=1S/C24H24ClN3O3S/c1-31-20-10-9-18(16-19(20)25)26-23(29)22(17-6-3-2-4-7-17)27-11-13-28(14-12-27)24(30)21-8-5-15-32-21/h2-10,15-16,22H,11-14H2,1H3,(H,26,29). The van der Waals surface area contributed by atoms with Gasteiger partial charge in [-0.3, -0.25) is 14.5 Å². The number of amides is 2. The lowest BCUT2D eigenvalue weighted by Crippen LogP contribution is -2.51. The largest absolute Gasteiger partial charge is 0.495 e. The van der Waals surface area contributed by atoms with Crippen molar-refractivity contribution in [1.29, 1.82) is 0 Å². The van der Waals surface area contributed by atoms with Crippen molar-refractivity contribution >= 4 is 40.4 Å². The third-order valence-corrected chi connectivity index (χ3v) is 6.63. The normalized spacial score (nSPS) is 15.2. The summed E-state index contributed by atoms with van der Waals surface area (Å²) in [5.41, 5.74) is 1.51. The minimum atomic E-state index is -0.476. The van der Waals surface area contributed by atoms with Gasteiger partial charge in [-0.15, -0.1) is 11.3 Å². The molecule has 3 aromatic rings. The molecule has 0 radical (unpaired) electrons. The summed E-state index contributed by atoms with van der Waals surface area (Å²) in [7, 11) is 1.55. The lowest BCUT2D eigenvalue weighted by molar-refractivity contribution is -0.122. The zero-order valence-electron chi connectivity index (χ0n) is 17.7. The van der Waals surface area contributed by atoms with Crippen molar-refractivity contribution in [3.05, 3.63) is 81.5 Å². The first-order chi connectivity index (χ1) is 15.6. The summed E-state index contributed by atoms with van der Waals surface area (Å²) in [5, 5.41) is 5.33. The second kappa shape index (κ2) is 10.2. The number of benzene rings is 2. The molecule has 0 saturated carbocycles. The summed E-state index contributed by atoms with van der Waals surface area (Å²) < 4.78 is 5.19. The van der Waals surface area contributed by atoms with E-state index in [4.69, 9.17) is 16.3 Å². The minimum Gasteiger partial charge on any atom is -0.495 e. The van der Waals surface area contributed by atoms with Crippen LogP contribution in [-0.2, 0) is 4.79 Å². The van der Waals surface area contributed by atoms with Crippen molar-refractivity contribution in [2.75, 3.05) is 38.6 Å². The number of nitrogens with zero attached hydrogens (tertiary/aromatic N) is 2. The summed E-state index contributed by atoms with van der Waals surface area (Å²) in [4.78, 5) is 30.8. The molecule has 32 heavy (non-hydrogen) atoms.